The van der Waals surface area contributed by atoms with E-state index in [1.165, 1.54) is 30.7 Å². The Balaban J connectivity index is 1.37. The van der Waals surface area contributed by atoms with Gasteiger partial charge in [-0.15, -0.1) is 0 Å². The molecule has 0 atom stereocenters. The third-order valence-electron chi connectivity index (χ3n) is 4.85. The Morgan fingerprint density at radius 1 is 1.00 bits per heavy atom. The van der Waals surface area contributed by atoms with Crippen molar-refractivity contribution < 1.29 is 9.18 Å². The van der Waals surface area contributed by atoms with E-state index >= 15 is 0 Å². The van der Waals surface area contributed by atoms with Gasteiger partial charge in [0.1, 0.15) is 11.5 Å². The maximum Gasteiger partial charge on any atom is 0.270 e. The molecule has 1 aliphatic heterocycles. The van der Waals surface area contributed by atoms with Gasteiger partial charge in [0.05, 0.1) is 0 Å². The van der Waals surface area contributed by atoms with E-state index in [0.717, 1.165) is 24.3 Å². The largest absolute Gasteiger partial charge is 0.372 e. The van der Waals surface area contributed by atoms with Crippen molar-refractivity contribution in [2.24, 2.45) is 0 Å². The molecule has 0 radical (unpaired) electrons. The Bertz CT molecular complexity index is 969. The van der Waals surface area contributed by atoms with Gasteiger partial charge in [-0.2, -0.15) is 0 Å². The van der Waals surface area contributed by atoms with E-state index in [1.54, 1.807) is 24.4 Å². The van der Waals surface area contributed by atoms with Crippen molar-refractivity contribution in [1.82, 2.24) is 15.3 Å². The molecular weight excluding hydrogens is 369 g/mol. The number of hydrogen-bond acceptors (Lipinski definition) is 5. The molecule has 6 nitrogen and oxygen atoms in total. The number of carbonyl (C=O) groups excluding carboxylic acids is 1. The highest BCUT2D eigenvalue weighted by atomic mass is 19.1. The first kappa shape index (κ1) is 18.9. The van der Waals surface area contributed by atoms with Gasteiger partial charge < -0.3 is 15.5 Å². The predicted octanol–water partition coefficient (Wildman–Crippen LogP) is 3.89. The summed E-state index contributed by atoms with van der Waals surface area (Å²) in [6.07, 6.45) is 4.02. The lowest BCUT2D eigenvalue weighted by Gasteiger charge is -2.17. The third-order valence-corrected chi connectivity index (χ3v) is 4.85. The zero-order chi connectivity index (χ0) is 20.1. The average molecular weight is 391 g/mol. The van der Waals surface area contributed by atoms with E-state index in [9.17, 15) is 9.18 Å². The molecule has 1 aliphatic rings. The minimum absolute atomic E-state index is 0.262. The van der Waals surface area contributed by atoms with Crippen LogP contribution in [0.5, 0.6) is 0 Å². The number of hydrogen-bond donors (Lipinski definition) is 2. The Hall–Kier alpha value is -3.48. The van der Waals surface area contributed by atoms with Crippen molar-refractivity contribution in [2.75, 3.05) is 23.3 Å². The number of halogens is 1. The van der Waals surface area contributed by atoms with Gasteiger partial charge in [-0.05, 0) is 60.9 Å². The SMILES string of the molecule is O=C(NCc1ccc(F)cc1)c1ccnc(Nc2ccc(N3CCCC3)cc2)n1. The first-order chi connectivity index (χ1) is 14.2. The molecule has 0 unspecified atom stereocenters. The highest BCUT2D eigenvalue weighted by molar-refractivity contribution is 5.92. The van der Waals surface area contributed by atoms with Crippen LogP contribution in [0.3, 0.4) is 0 Å². The number of amides is 1. The molecule has 29 heavy (non-hydrogen) atoms. The van der Waals surface area contributed by atoms with E-state index in [0.29, 0.717) is 12.5 Å². The second-order valence-electron chi connectivity index (χ2n) is 6.94. The number of nitrogens with one attached hydrogen (secondary N) is 2. The highest BCUT2D eigenvalue weighted by Gasteiger charge is 2.12. The van der Waals surface area contributed by atoms with Gasteiger partial charge in [-0.1, -0.05) is 12.1 Å². The first-order valence-electron chi connectivity index (χ1n) is 9.65. The number of rotatable bonds is 6. The fourth-order valence-electron chi connectivity index (χ4n) is 3.28. The summed E-state index contributed by atoms with van der Waals surface area (Å²) in [5, 5.41) is 5.91. The van der Waals surface area contributed by atoms with Gasteiger partial charge in [0.15, 0.2) is 0 Å². The Kier molecular flexibility index (Phi) is 5.65. The lowest BCUT2D eigenvalue weighted by atomic mass is 10.2. The van der Waals surface area contributed by atoms with Crippen LogP contribution in [-0.4, -0.2) is 29.0 Å². The van der Waals surface area contributed by atoms with Crippen LogP contribution < -0.4 is 15.5 Å². The summed E-state index contributed by atoms with van der Waals surface area (Å²) >= 11 is 0. The van der Waals surface area contributed by atoms with Crippen LogP contribution in [-0.2, 0) is 6.54 Å². The molecule has 2 aromatic carbocycles. The summed E-state index contributed by atoms with van der Waals surface area (Å²) in [4.78, 5) is 23.2. The standard InChI is InChI=1S/C22H22FN5O/c23-17-5-3-16(4-6-17)15-25-21(29)20-11-12-24-22(27-20)26-18-7-9-19(10-8-18)28-13-1-2-14-28/h3-12H,1-2,13-15H2,(H,25,29)(H,24,26,27). The van der Waals surface area contributed by atoms with Gasteiger partial charge in [-0.3, -0.25) is 4.79 Å². The van der Waals surface area contributed by atoms with Crippen molar-refractivity contribution in [1.29, 1.82) is 0 Å². The number of benzene rings is 2. The summed E-state index contributed by atoms with van der Waals surface area (Å²) in [7, 11) is 0. The van der Waals surface area contributed by atoms with Crippen molar-refractivity contribution >= 4 is 23.2 Å². The van der Waals surface area contributed by atoms with Crippen molar-refractivity contribution in [3.8, 4) is 0 Å². The van der Waals surface area contributed by atoms with E-state index in [4.69, 9.17) is 0 Å². The average Bonchev–Trinajstić information content (AvgIpc) is 3.29. The Morgan fingerprint density at radius 2 is 1.72 bits per heavy atom. The van der Waals surface area contributed by atoms with E-state index in [2.05, 4.69) is 37.6 Å². The summed E-state index contributed by atoms with van der Waals surface area (Å²) in [6.45, 7) is 2.50. The maximum absolute atomic E-state index is 13.0. The van der Waals surface area contributed by atoms with Crippen LogP contribution in [0.4, 0.5) is 21.7 Å². The zero-order valence-corrected chi connectivity index (χ0v) is 15.9. The van der Waals surface area contributed by atoms with Crippen LogP contribution in [0.2, 0.25) is 0 Å². The molecule has 1 aromatic heterocycles. The molecule has 1 fully saturated rings. The van der Waals surface area contributed by atoms with Crippen LogP contribution in [0.25, 0.3) is 0 Å². The van der Waals surface area contributed by atoms with Crippen molar-refractivity contribution in [3.63, 3.8) is 0 Å². The Labute approximate surface area is 168 Å². The van der Waals surface area contributed by atoms with Crippen molar-refractivity contribution in [3.05, 3.63) is 77.9 Å². The minimum Gasteiger partial charge on any atom is -0.372 e. The molecule has 0 spiro atoms. The molecule has 148 valence electrons. The zero-order valence-electron chi connectivity index (χ0n) is 15.9. The molecule has 1 amide bonds. The third kappa shape index (κ3) is 4.87. The predicted molar refractivity (Wildman–Crippen MR) is 111 cm³/mol. The molecule has 0 bridgehead atoms. The van der Waals surface area contributed by atoms with Gasteiger partial charge in [0.25, 0.3) is 5.91 Å². The fourth-order valence-corrected chi connectivity index (χ4v) is 3.28. The summed E-state index contributed by atoms with van der Waals surface area (Å²) < 4.78 is 13.0. The summed E-state index contributed by atoms with van der Waals surface area (Å²) in [5.74, 6) is -0.266. The number of carbonyl (C=O) groups is 1. The lowest BCUT2D eigenvalue weighted by molar-refractivity contribution is 0.0946. The normalized spacial score (nSPS) is 13.3. The van der Waals surface area contributed by atoms with Crippen LogP contribution in [0, 0.1) is 5.82 Å². The summed E-state index contributed by atoms with van der Waals surface area (Å²) in [5.41, 5.74) is 3.14. The fraction of sp³-hybridized carbons (Fsp3) is 0.227. The van der Waals surface area contributed by atoms with Crippen LogP contribution in [0.1, 0.15) is 28.9 Å². The minimum atomic E-state index is -0.316. The molecule has 4 rings (SSSR count). The molecule has 2 N–H and O–H groups in total. The molecule has 1 saturated heterocycles. The number of aromatic nitrogens is 2. The second kappa shape index (κ2) is 8.68. The molecule has 2 heterocycles. The Morgan fingerprint density at radius 3 is 2.45 bits per heavy atom. The first-order valence-corrected chi connectivity index (χ1v) is 9.65. The van der Waals surface area contributed by atoms with E-state index in [-0.39, 0.29) is 17.4 Å². The second-order valence-corrected chi connectivity index (χ2v) is 6.94. The maximum atomic E-state index is 13.0. The van der Waals surface area contributed by atoms with E-state index in [1.807, 2.05) is 12.1 Å². The van der Waals surface area contributed by atoms with Gasteiger partial charge in [0, 0.05) is 37.2 Å². The topological polar surface area (TPSA) is 70.2 Å². The van der Waals surface area contributed by atoms with Crippen LogP contribution >= 0.6 is 0 Å². The molecule has 7 heteroatoms. The monoisotopic (exact) mass is 391 g/mol. The lowest BCUT2D eigenvalue weighted by Crippen LogP contribution is -2.24. The molecular formula is C22H22FN5O. The summed E-state index contributed by atoms with van der Waals surface area (Å²) in [6, 6.07) is 15.7. The van der Waals surface area contributed by atoms with Crippen molar-refractivity contribution in [2.45, 2.75) is 19.4 Å². The smallest absolute Gasteiger partial charge is 0.270 e. The quantitative estimate of drug-likeness (QED) is 0.667. The van der Waals surface area contributed by atoms with Gasteiger partial charge in [0.2, 0.25) is 5.95 Å². The molecule has 3 aromatic rings. The van der Waals surface area contributed by atoms with Crippen LogP contribution in [0.15, 0.2) is 60.8 Å². The van der Waals surface area contributed by atoms with Gasteiger partial charge >= 0.3 is 0 Å². The molecule has 0 saturated carbocycles. The molecule has 0 aliphatic carbocycles. The van der Waals surface area contributed by atoms with Gasteiger partial charge in [-0.25, -0.2) is 14.4 Å². The highest BCUT2D eigenvalue weighted by Crippen LogP contribution is 2.23. The van der Waals surface area contributed by atoms with E-state index < -0.39 is 0 Å². The number of nitrogens with zero attached hydrogens (tertiary/aromatic N) is 3. The number of anilines is 3.